The van der Waals surface area contributed by atoms with Crippen LogP contribution < -0.4 is 5.73 Å². The number of nitrogens with two attached hydrogens (primary N) is 1. The number of carbonyl (C=O) groups is 1. The van der Waals surface area contributed by atoms with Crippen molar-refractivity contribution in [1.29, 1.82) is 0 Å². The Kier molecular flexibility index (Phi) is 5.45. The minimum atomic E-state index is -3.77. The molecule has 4 rings (SSSR count). The van der Waals surface area contributed by atoms with Crippen molar-refractivity contribution in [3.63, 3.8) is 0 Å². The lowest BCUT2D eigenvalue weighted by Gasteiger charge is -2.11. The van der Waals surface area contributed by atoms with Gasteiger partial charge in [-0.15, -0.1) is 0 Å². The van der Waals surface area contributed by atoms with E-state index < -0.39 is 20.7 Å². The van der Waals surface area contributed by atoms with Gasteiger partial charge in [-0.05, 0) is 53.4 Å². The van der Waals surface area contributed by atoms with Gasteiger partial charge in [-0.2, -0.15) is 0 Å². The highest BCUT2D eigenvalue weighted by Gasteiger charge is 2.19. The van der Waals surface area contributed by atoms with Gasteiger partial charge in [-0.25, -0.2) is 13.4 Å². The Morgan fingerprint density at radius 1 is 1.03 bits per heavy atom. The maximum Gasteiger partial charge on any atom is 0.269 e. The summed E-state index contributed by atoms with van der Waals surface area (Å²) in [4.78, 5) is 26.4. The molecule has 32 heavy (non-hydrogen) atoms. The van der Waals surface area contributed by atoms with E-state index in [1.807, 2.05) is 22.7 Å². The molecule has 2 heterocycles. The van der Waals surface area contributed by atoms with Crippen LogP contribution in [0.1, 0.15) is 27.0 Å². The first-order valence-electron chi connectivity index (χ1n) is 9.53. The normalized spacial score (nSPS) is 11.5. The number of nitro benzene ring substituents is 1. The lowest BCUT2D eigenvalue weighted by Crippen LogP contribution is -2.15. The number of imidazole rings is 1. The largest absolute Gasteiger partial charge is 0.366 e. The fraction of sp³-hybridized carbons (Fsp3) is 0.0909. The van der Waals surface area contributed by atoms with Crippen LogP contribution in [0.25, 0.3) is 5.65 Å². The minimum absolute atomic E-state index is 0.0396. The third kappa shape index (κ3) is 4.35. The zero-order valence-electron chi connectivity index (χ0n) is 16.7. The van der Waals surface area contributed by atoms with E-state index in [1.165, 1.54) is 42.5 Å². The van der Waals surface area contributed by atoms with E-state index in [0.717, 1.165) is 11.2 Å². The SMILES string of the molecule is NC(=O)c1ccc(S(=O)(=O)Cc2ccc([N+](=O)[O-])cc2)cc1Cc1ccn2ccnc2c1. The second kappa shape index (κ2) is 8.23. The molecule has 0 bridgehead atoms. The summed E-state index contributed by atoms with van der Waals surface area (Å²) in [5.74, 6) is -0.985. The second-order valence-corrected chi connectivity index (χ2v) is 9.26. The van der Waals surface area contributed by atoms with Crippen molar-refractivity contribution >= 4 is 27.1 Å². The van der Waals surface area contributed by atoms with Gasteiger partial charge in [-0.1, -0.05) is 12.1 Å². The molecule has 0 fully saturated rings. The van der Waals surface area contributed by atoms with Gasteiger partial charge in [0.05, 0.1) is 15.6 Å². The molecule has 0 aliphatic heterocycles. The molecule has 4 aromatic rings. The number of pyridine rings is 1. The zero-order chi connectivity index (χ0) is 22.9. The number of sulfone groups is 1. The van der Waals surface area contributed by atoms with Gasteiger partial charge in [0.25, 0.3) is 5.69 Å². The van der Waals surface area contributed by atoms with Crippen LogP contribution in [0, 0.1) is 10.1 Å². The summed E-state index contributed by atoms with van der Waals surface area (Å²) in [6.07, 6.45) is 5.60. The first-order valence-corrected chi connectivity index (χ1v) is 11.2. The van der Waals surface area contributed by atoms with Gasteiger partial charge in [0.1, 0.15) is 5.65 Å². The van der Waals surface area contributed by atoms with Crippen LogP contribution in [0.15, 0.2) is 78.1 Å². The van der Waals surface area contributed by atoms with Crippen molar-refractivity contribution in [2.24, 2.45) is 5.73 Å². The summed E-state index contributed by atoms with van der Waals surface area (Å²) in [6, 6.07) is 13.3. The Balaban J connectivity index is 1.66. The Morgan fingerprint density at radius 3 is 2.47 bits per heavy atom. The average Bonchev–Trinajstić information content (AvgIpc) is 3.21. The summed E-state index contributed by atoms with van der Waals surface area (Å²) >= 11 is 0. The topological polar surface area (TPSA) is 138 Å². The van der Waals surface area contributed by atoms with Gasteiger partial charge in [-0.3, -0.25) is 14.9 Å². The molecule has 162 valence electrons. The van der Waals surface area contributed by atoms with Crippen LogP contribution in [0.5, 0.6) is 0 Å². The predicted molar refractivity (Wildman–Crippen MR) is 117 cm³/mol. The number of benzene rings is 2. The van der Waals surface area contributed by atoms with Crippen molar-refractivity contribution in [1.82, 2.24) is 9.38 Å². The maximum atomic E-state index is 13.0. The van der Waals surface area contributed by atoms with E-state index in [4.69, 9.17) is 5.73 Å². The highest BCUT2D eigenvalue weighted by Crippen LogP contribution is 2.23. The summed E-state index contributed by atoms with van der Waals surface area (Å²) in [6.45, 7) is 0. The first-order chi connectivity index (χ1) is 15.2. The van der Waals surface area contributed by atoms with Crippen LogP contribution in [0.4, 0.5) is 5.69 Å². The third-order valence-electron chi connectivity index (χ3n) is 5.06. The summed E-state index contributed by atoms with van der Waals surface area (Å²) in [5.41, 5.74) is 8.10. The molecule has 9 nitrogen and oxygen atoms in total. The Bertz CT molecular complexity index is 1440. The van der Waals surface area contributed by atoms with Crippen molar-refractivity contribution in [2.75, 3.05) is 0 Å². The van der Waals surface area contributed by atoms with Crippen LogP contribution >= 0.6 is 0 Å². The van der Waals surface area contributed by atoms with Gasteiger partial charge in [0.15, 0.2) is 9.84 Å². The third-order valence-corrected chi connectivity index (χ3v) is 6.75. The minimum Gasteiger partial charge on any atom is -0.366 e. The Morgan fingerprint density at radius 2 is 1.78 bits per heavy atom. The number of hydrogen-bond acceptors (Lipinski definition) is 6. The van der Waals surface area contributed by atoms with E-state index in [9.17, 15) is 23.3 Å². The van der Waals surface area contributed by atoms with Crippen molar-refractivity contribution in [3.8, 4) is 0 Å². The number of primary amides is 1. The van der Waals surface area contributed by atoms with Crippen LogP contribution in [0.2, 0.25) is 0 Å². The maximum absolute atomic E-state index is 13.0. The molecule has 0 aliphatic rings. The molecule has 10 heteroatoms. The molecule has 0 aliphatic carbocycles. The summed E-state index contributed by atoms with van der Waals surface area (Å²) < 4.78 is 27.8. The summed E-state index contributed by atoms with van der Waals surface area (Å²) in [7, 11) is -3.77. The Labute approximate surface area is 183 Å². The first kappa shape index (κ1) is 21.2. The van der Waals surface area contributed by atoms with E-state index in [2.05, 4.69) is 4.98 Å². The van der Waals surface area contributed by atoms with E-state index in [1.54, 1.807) is 12.4 Å². The summed E-state index contributed by atoms with van der Waals surface area (Å²) in [5, 5.41) is 10.8. The number of nitro groups is 1. The number of non-ortho nitro benzene ring substituents is 1. The molecular weight excluding hydrogens is 432 g/mol. The molecule has 2 aromatic carbocycles. The van der Waals surface area contributed by atoms with Crippen molar-refractivity contribution in [3.05, 3.63) is 106 Å². The van der Waals surface area contributed by atoms with E-state index in [0.29, 0.717) is 17.5 Å². The smallest absolute Gasteiger partial charge is 0.269 e. The number of nitrogens with zero attached hydrogens (tertiary/aromatic N) is 3. The fourth-order valence-electron chi connectivity index (χ4n) is 3.45. The number of fused-ring (bicyclic) bond motifs is 1. The molecule has 0 saturated heterocycles. The second-order valence-electron chi connectivity index (χ2n) is 7.27. The number of hydrogen-bond donors (Lipinski definition) is 1. The van der Waals surface area contributed by atoms with Crippen LogP contribution in [-0.2, 0) is 22.0 Å². The van der Waals surface area contributed by atoms with Gasteiger partial charge >= 0.3 is 0 Å². The predicted octanol–water partition coefficient (Wildman–Crippen LogP) is 2.91. The number of aromatic nitrogens is 2. The lowest BCUT2D eigenvalue weighted by molar-refractivity contribution is -0.384. The number of amides is 1. The number of rotatable bonds is 7. The number of carbonyl (C=O) groups excluding carboxylic acids is 1. The molecule has 0 saturated carbocycles. The molecule has 0 atom stereocenters. The molecule has 0 radical (unpaired) electrons. The van der Waals surface area contributed by atoms with Crippen LogP contribution in [-0.4, -0.2) is 28.6 Å². The van der Waals surface area contributed by atoms with E-state index in [-0.39, 0.29) is 21.9 Å². The molecule has 0 unspecified atom stereocenters. The monoisotopic (exact) mass is 450 g/mol. The highest BCUT2D eigenvalue weighted by molar-refractivity contribution is 7.90. The van der Waals surface area contributed by atoms with Crippen molar-refractivity contribution in [2.45, 2.75) is 17.1 Å². The van der Waals surface area contributed by atoms with Gasteiger partial charge in [0.2, 0.25) is 5.91 Å². The van der Waals surface area contributed by atoms with Gasteiger partial charge < -0.3 is 10.1 Å². The highest BCUT2D eigenvalue weighted by atomic mass is 32.2. The standard InChI is InChI=1S/C22H18N4O5S/c23-22(27)20-6-5-19(32(30,31)14-15-1-3-18(4-2-15)26(28)29)13-17(20)11-16-7-9-25-10-8-24-21(25)12-16/h1-10,12-13H,11,14H2,(H2,23,27). The quantitative estimate of drug-likeness (QED) is 0.339. The zero-order valence-corrected chi connectivity index (χ0v) is 17.5. The molecule has 2 aromatic heterocycles. The molecule has 0 spiro atoms. The van der Waals surface area contributed by atoms with Gasteiger partial charge in [0, 0.05) is 36.3 Å². The Hall–Kier alpha value is -4.05. The van der Waals surface area contributed by atoms with E-state index >= 15 is 0 Å². The lowest BCUT2D eigenvalue weighted by atomic mass is 10.00. The fourth-order valence-corrected chi connectivity index (χ4v) is 4.84. The molecule has 1 amide bonds. The molecule has 2 N–H and O–H groups in total. The average molecular weight is 450 g/mol. The van der Waals surface area contributed by atoms with Crippen molar-refractivity contribution < 1.29 is 18.1 Å². The van der Waals surface area contributed by atoms with Crippen LogP contribution in [0.3, 0.4) is 0 Å². The molecular formula is C22H18N4O5S.